The molecule has 0 spiro atoms. The molecule has 1 aliphatic rings. The Bertz CT molecular complexity index is 930. The van der Waals surface area contributed by atoms with Crippen LogP contribution in [0.2, 0.25) is 0 Å². The van der Waals surface area contributed by atoms with Crippen LogP contribution in [0.25, 0.3) is 0 Å². The monoisotopic (exact) mass is 525 g/mol. The van der Waals surface area contributed by atoms with Crippen molar-refractivity contribution in [3.8, 4) is 11.5 Å². The Balaban J connectivity index is 0.00000456. The lowest BCUT2D eigenvalue weighted by molar-refractivity contribution is -0.148. The average Bonchev–Trinajstić information content (AvgIpc) is 3.17. The zero-order valence-corrected chi connectivity index (χ0v) is 22.0. The number of para-hydroxylation sites is 1. The summed E-state index contributed by atoms with van der Waals surface area (Å²) in [5, 5.41) is 0. The van der Waals surface area contributed by atoms with E-state index in [-0.39, 0.29) is 30.2 Å². The van der Waals surface area contributed by atoms with Crippen LogP contribution in [0, 0.1) is 0 Å². The van der Waals surface area contributed by atoms with Gasteiger partial charge in [-0.25, -0.2) is 0 Å². The number of carbonyl (C=O) groups is 1. The van der Waals surface area contributed by atoms with Crippen LogP contribution >= 0.6 is 12.4 Å². The highest BCUT2D eigenvalue weighted by Crippen LogP contribution is 2.25. The Hall–Kier alpha value is -2.38. The first-order valence-electron chi connectivity index (χ1n) is 12.6. The number of hydrogen-bond acceptors (Lipinski definition) is 5. The number of nitrogens with zero attached hydrogens (tertiary/aromatic N) is 1. The van der Waals surface area contributed by atoms with Crippen LogP contribution in [0.15, 0.2) is 48.5 Å². The van der Waals surface area contributed by atoms with Crippen molar-refractivity contribution >= 4 is 18.4 Å². The average molecular weight is 526 g/mol. The van der Waals surface area contributed by atoms with Gasteiger partial charge < -0.3 is 14.2 Å². The standard InChI is InChI=1S/C28H37F2NO4.ClH/c1-3-4-5-13-27(32)34-25-19-23(31(2)20-25)16-17-33-26-12-7-6-10-22(26)15-14-21-9-8-11-24(18-21)35-28(29)30;/h6-12,18,23,25,28H,3-5,13-17,19-20H2,1-2H3;1H/t23-,25-;/m1./s1. The van der Waals surface area contributed by atoms with E-state index in [0.717, 1.165) is 61.9 Å². The summed E-state index contributed by atoms with van der Waals surface area (Å²) in [5.41, 5.74) is 2.01. The first-order chi connectivity index (χ1) is 16.9. The van der Waals surface area contributed by atoms with Crippen LogP contribution < -0.4 is 9.47 Å². The minimum Gasteiger partial charge on any atom is -0.493 e. The van der Waals surface area contributed by atoms with E-state index < -0.39 is 6.61 Å². The number of aryl methyl sites for hydroxylation is 2. The Labute approximate surface area is 219 Å². The molecule has 1 fully saturated rings. The van der Waals surface area contributed by atoms with E-state index in [2.05, 4.69) is 23.6 Å². The van der Waals surface area contributed by atoms with Crippen LogP contribution in [0.1, 0.15) is 56.6 Å². The van der Waals surface area contributed by atoms with Gasteiger partial charge >= 0.3 is 12.6 Å². The molecule has 2 aromatic carbocycles. The maximum atomic E-state index is 12.5. The zero-order chi connectivity index (χ0) is 25.0. The predicted molar refractivity (Wildman–Crippen MR) is 139 cm³/mol. The van der Waals surface area contributed by atoms with E-state index in [1.54, 1.807) is 12.1 Å². The molecule has 2 atom stereocenters. The molecule has 0 aromatic heterocycles. The van der Waals surface area contributed by atoms with Gasteiger partial charge in [0.25, 0.3) is 0 Å². The molecule has 2 aromatic rings. The van der Waals surface area contributed by atoms with Crippen molar-refractivity contribution in [3.63, 3.8) is 0 Å². The van der Waals surface area contributed by atoms with E-state index in [0.29, 0.717) is 25.5 Å². The fourth-order valence-electron chi connectivity index (χ4n) is 4.53. The maximum absolute atomic E-state index is 12.5. The molecule has 1 aliphatic heterocycles. The molecule has 0 unspecified atom stereocenters. The fourth-order valence-corrected chi connectivity index (χ4v) is 4.53. The minimum atomic E-state index is -2.83. The van der Waals surface area contributed by atoms with Gasteiger partial charge in [0.05, 0.1) is 6.61 Å². The first-order valence-corrected chi connectivity index (χ1v) is 12.6. The van der Waals surface area contributed by atoms with Gasteiger partial charge in [-0.15, -0.1) is 12.4 Å². The highest BCUT2D eigenvalue weighted by atomic mass is 35.5. The molecule has 0 aliphatic carbocycles. The van der Waals surface area contributed by atoms with Crippen molar-refractivity contribution < 1.29 is 27.8 Å². The summed E-state index contributed by atoms with van der Waals surface area (Å²) in [4.78, 5) is 14.3. The molecule has 8 heteroatoms. The number of alkyl halides is 2. The van der Waals surface area contributed by atoms with Crippen LogP contribution in [0.3, 0.4) is 0 Å². The second-order valence-corrected chi connectivity index (χ2v) is 9.17. The summed E-state index contributed by atoms with van der Waals surface area (Å²) < 4.78 is 41.3. The predicted octanol–water partition coefficient (Wildman–Crippen LogP) is 6.46. The highest BCUT2D eigenvalue weighted by molar-refractivity contribution is 5.85. The number of benzene rings is 2. The summed E-state index contributed by atoms with van der Waals surface area (Å²) in [5.74, 6) is 0.925. The van der Waals surface area contributed by atoms with Gasteiger partial charge in [-0.05, 0) is 62.1 Å². The van der Waals surface area contributed by atoms with Crippen molar-refractivity contribution in [2.75, 3.05) is 20.2 Å². The first kappa shape index (κ1) is 29.8. The Morgan fingerprint density at radius 3 is 2.69 bits per heavy atom. The molecule has 0 radical (unpaired) electrons. The van der Waals surface area contributed by atoms with Crippen LogP contribution in [-0.2, 0) is 22.4 Å². The number of esters is 1. The lowest BCUT2D eigenvalue weighted by Gasteiger charge is -2.19. The summed E-state index contributed by atoms with van der Waals surface area (Å²) in [6.45, 7) is 0.623. The van der Waals surface area contributed by atoms with Crippen LogP contribution in [0.4, 0.5) is 8.78 Å². The third-order valence-corrected chi connectivity index (χ3v) is 6.42. The topological polar surface area (TPSA) is 48.0 Å². The van der Waals surface area contributed by atoms with Crippen molar-refractivity contribution in [2.45, 2.75) is 77.0 Å². The quantitative estimate of drug-likeness (QED) is 0.209. The molecule has 0 bridgehead atoms. The SMILES string of the molecule is CCCCCC(=O)O[C@@H]1C[C@@H](CCOc2ccccc2CCc2cccc(OC(F)F)c2)N(C)C1.Cl. The van der Waals surface area contributed by atoms with E-state index >= 15 is 0 Å². The van der Waals surface area contributed by atoms with Gasteiger partial charge in [0.2, 0.25) is 0 Å². The number of hydrogen-bond donors (Lipinski definition) is 0. The number of ether oxygens (including phenoxy) is 3. The lowest BCUT2D eigenvalue weighted by atomic mass is 10.0. The maximum Gasteiger partial charge on any atom is 0.387 e. The van der Waals surface area contributed by atoms with E-state index in [1.807, 2.05) is 30.3 Å². The van der Waals surface area contributed by atoms with Gasteiger partial charge in [0.1, 0.15) is 17.6 Å². The van der Waals surface area contributed by atoms with Crippen LogP contribution in [-0.4, -0.2) is 49.8 Å². The third-order valence-electron chi connectivity index (χ3n) is 6.42. The Kier molecular flexibility index (Phi) is 13.0. The molecule has 0 saturated carbocycles. The van der Waals surface area contributed by atoms with Crippen LogP contribution in [0.5, 0.6) is 11.5 Å². The summed E-state index contributed by atoms with van der Waals surface area (Å²) >= 11 is 0. The normalized spacial score (nSPS) is 17.6. The smallest absolute Gasteiger partial charge is 0.387 e. The number of rotatable bonds is 14. The fraction of sp³-hybridized carbons (Fsp3) is 0.536. The van der Waals surface area contributed by atoms with Crippen molar-refractivity contribution in [1.29, 1.82) is 0 Å². The molecule has 1 heterocycles. The molecule has 0 amide bonds. The van der Waals surface area contributed by atoms with Crippen molar-refractivity contribution in [3.05, 3.63) is 59.7 Å². The molecule has 1 saturated heterocycles. The van der Waals surface area contributed by atoms with Gasteiger partial charge in [-0.1, -0.05) is 50.1 Å². The molecule has 200 valence electrons. The highest BCUT2D eigenvalue weighted by Gasteiger charge is 2.31. The Morgan fingerprint density at radius 2 is 1.92 bits per heavy atom. The second-order valence-electron chi connectivity index (χ2n) is 9.17. The van der Waals surface area contributed by atoms with E-state index in [1.165, 1.54) is 6.07 Å². The largest absolute Gasteiger partial charge is 0.493 e. The van der Waals surface area contributed by atoms with Gasteiger partial charge in [0, 0.05) is 25.4 Å². The number of unbranched alkanes of at least 4 members (excludes halogenated alkanes) is 2. The second kappa shape index (κ2) is 15.7. The van der Waals surface area contributed by atoms with Gasteiger partial charge in [-0.2, -0.15) is 8.78 Å². The summed E-state index contributed by atoms with van der Waals surface area (Å²) in [6.07, 6.45) is 6.60. The molecular formula is C28H38ClF2NO4. The molecule has 3 rings (SSSR count). The van der Waals surface area contributed by atoms with Crippen molar-refractivity contribution in [1.82, 2.24) is 4.90 Å². The van der Waals surface area contributed by atoms with E-state index in [9.17, 15) is 13.6 Å². The van der Waals surface area contributed by atoms with Gasteiger partial charge in [0.15, 0.2) is 0 Å². The Morgan fingerprint density at radius 1 is 1.11 bits per heavy atom. The molecular weight excluding hydrogens is 488 g/mol. The summed E-state index contributed by atoms with van der Waals surface area (Å²) in [7, 11) is 2.06. The summed E-state index contributed by atoms with van der Waals surface area (Å²) in [6, 6.07) is 15.1. The minimum absolute atomic E-state index is 0. The molecule has 36 heavy (non-hydrogen) atoms. The van der Waals surface area contributed by atoms with Gasteiger partial charge in [-0.3, -0.25) is 9.69 Å². The number of carbonyl (C=O) groups excluding carboxylic acids is 1. The number of halogens is 3. The van der Waals surface area contributed by atoms with Crippen molar-refractivity contribution in [2.24, 2.45) is 0 Å². The number of likely N-dealkylation sites (tertiary alicyclic amines) is 1. The number of likely N-dealkylation sites (N-methyl/N-ethyl adjacent to an activating group) is 1. The lowest BCUT2D eigenvalue weighted by Crippen LogP contribution is -2.27. The molecule has 0 N–H and O–H groups in total. The zero-order valence-electron chi connectivity index (χ0n) is 21.2. The molecule has 5 nitrogen and oxygen atoms in total. The third kappa shape index (κ3) is 9.94. The van der Waals surface area contributed by atoms with E-state index in [4.69, 9.17) is 9.47 Å².